The zero-order valence-corrected chi connectivity index (χ0v) is 15.3. The van der Waals surface area contributed by atoms with Gasteiger partial charge in [-0.05, 0) is 42.7 Å². The Hall–Kier alpha value is -3.26. The number of fused-ring (bicyclic) bond motifs is 1. The molecule has 6 nitrogen and oxygen atoms in total. The van der Waals surface area contributed by atoms with E-state index in [9.17, 15) is 19.1 Å². The quantitative estimate of drug-likeness (QED) is 0.543. The largest absolute Gasteiger partial charge is 0.506 e. The minimum absolute atomic E-state index is 0.233. The summed E-state index contributed by atoms with van der Waals surface area (Å²) in [6.45, 7) is 0.493. The molecule has 0 saturated carbocycles. The average Bonchev–Trinajstić information content (AvgIpc) is 3.07. The van der Waals surface area contributed by atoms with E-state index >= 15 is 0 Å². The number of halogens is 1. The smallest absolute Gasteiger partial charge is 0.267 e. The zero-order chi connectivity index (χ0) is 19.4. The van der Waals surface area contributed by atoms with Gasteiger partial charge in [-0.3, -0.25) is 14.9 Å². The third-order valence-electron chi connectivity index (χ3n) is 4.97. The first-order valence-corrected chi connectivity index (χ1v) is 9.59. The van der Waals surface area contributed by atoms with Gasteiger partial charge in [-0.1, -0.05) is 23.5 Å². The second-order valence-electron chi connectivity index (χ2n) is 6.68. The maximum atomic E-state index is 13.4. The zero-order valence-electron chi connectivity index (χ0n) is 14.5. The van der Waals surface area contributed by atoms with E-state index in [1.807, 2.05) is 6.07 Å². The summed E-state index contributed by atoms with van der Waals surface area (Å²) >= 11 is 1.10. The van der Waals surface area contributed by atoms with Crippen LogP contribution >= 0.6 is 11.3 Å². The number of pyridine rings is 1. The molecule has 0 radical (unpaired) electrons. The molecule has 4 aromatic rings. The minimum Gasteiger partial charge on any atom is -0.506 e. The van der Waals surface area contributed by atoms with Gasteiger partial charge in [0, 0.05) is 11.9 Å². The molecule has 0 atom stereocenters. The SMILES string of the molecule is O=C(Nc1nc2ccc(F)cc2s1)c1c(O)c2cccc3c2n(c1=O)CCC3. The first-order chi connectivity index (χ1) is 13.5. The second kappa shape index (κ2) is 6.13. The van der Waals surface area contributed by atoms with Crippen LogP contribution in [0.1, 0.15) is 22.3 Å². The van der Waals surface area contributed by atoms with Gasteiger partial charge in [0.2, 0.25) is 0 Å². The number of aromatic hydroxyl groups is 1. The van der Waals surface area contributed by atoms with E-state index < -0.39 is 17.3 Å². The monoisotopic (exact) mass is 395 g/mol. The molecule has 1 aliphatic rings. The van der Waals surface area contributed by atoms with Crippen LogP contribution in [0.25, 0.3) is 21.1 Å². The molecule has 0 bridgehead atoms. The van der Waals surface area contributed by atoms with Crippen molar-refractivity contribution < 1.29 is 14.3 Å². The van der Waals surface area contributed by atoms with Crippen LogP contribution in [0.3, 0.4) is 0 Å². The third-order valence-corrected chi connectivity index (χ3v) is 5.90. The summed E-state index contributed by atoms with van der Waals surface area (Å²) in [5.41, 5.74) is 1.37. The van der Waals surface area contributed by atoms with Crippen LogP contribution in [0.4, 0.5) is 9.52 Å². The van der Waals surface area contributed by atoms with Crippen molar-refractivity contribution in [1.82, 2.24) is 9.55 Å². The fourth-order valence-corrected chi connectivity index (χ4v) is 4.62. The highest BCUT2D eigenvalue weighted by Gasteiger charge is 2.25. The molecule has 140 valence electrons. The predicted octanol–water partition coefficient (Wildman–Crippen LogP) is 3.65. The Morgan fingerprint density at radius 1 is 1.29 bits per heavy atom. The van der Waals surface area contributed by atoms with Crippen molar-refractivity contribution in [2.45, 2.75) is 19.4 Å². The molecule has 5 rings (SSSR count). The topological polar surface area (TPSA) is 84.2 Å². The van der Waals surface area contributed by atoms with E-state index in [0.717, 1.165) is 29.7 Å². The number of hydrogen-bond donors (Lipinski definition) is 2. The molecule has 8 heteroatoms. The van der Waals surface area contributed by atoms with Crippen molar-refractivity contribution in [2.24, 2.45) is 0 Å². The van der Waals surface area contributed by atoms with Crippen LogP contribution in [0, 0.1) is 5.82 Å². The molecule has 1 aliphatic heterocycles. The van der Waals surface area contributed by atoms with Crippen molar-refractivity contribution >= 4 is 43.5 Å². The maximum Gasteiger partial charge on any atom is 0.267 e. The van der Waals surface area contributed by atoms with Crippen LogP contribution in [0.2, 0.25) is 0 Å². The number of carbonyl (C=O) groups excluding carboxylic acids is 1. The number of aryl methyl sites for hydroxylation is 2. The van der Waals surface area contributed by atoms with Gasteiger partial charge in [0.1, 0.15) is 17.1 Å². The van der Waals surface area contributed by atoms with Crippen LogP contribution in [0.5, 0.6) is 5.75 Å². The lowest BCUT2D eigenvalue weighted by molar-refractivity contribution is 0.102. The van der Waals surface area contributed by atoms with Crippen molar-refractivity contribution in [1.29, 1.82) is 0 Å². The van der Waals surface area contributed by atoms with E-state index in [1.54, 1.807) is 16.7 Å². The lowest BCUT2D eigenvalue weighted by Crippen LogP contribution is -2.31. The van der Waals surface area contributed by atoms with Gasteiger partial charge in [0.15, 0.2) is 5.13 Å². The molecule has 28 heavy (non-hydrogen) atoms. The Labute approximate surface area is 161 Å². The highest BCUT2D eigenvalue weighted by atomic mass is 32.1. The minimum atomic E-state index is -0.733. The predicted molar refractivity (Wildman–Crippen MR) is 106 cm³/mol. The van der Waals surface area contributed by atoms with Gasteiger partial charge >= 0.3 is 0 Å². The number of carbonyl (C=O) groups is 1. The molecule has 0 spiro atoms. The Morgan fingerprint density at radius 3 is 3.00 bits per heavy atom. The van der Waals surface area contributed by atoms with E-state index in [1.165, 1.54) is 18.2 Å². The summed E-state index contributed by atoms with van der Waals surface area (Å²) in [4.78, 5) is 30.0. The average molecular weight is 395 g/mol. The molecule has 3 heterocycles. The second-order valence-corrected chi connectivity index (χ2v) is 7.71. The number of rotatable bonds is 2. The summed E-state index contributed by atoms with van der Waals surface area (Å²) in [5, 5.41) is 14.0. The van der Waals surface area contributed by atoms with Crippen LogP contribution in [-0.4, -0.2) is 20.6 Å². The Balaban J connectivity index is 1.62. The molecule has 0 saturated heterocycles. The van der Waals surface area contributed by atoms with Crippen molar-refractivity contribution in [3.05, 3.63) is 63.7 Å². The number of nitrogens with one attached hydrogen (secondary N) is 1. The molecule has 2 aromatic carbocycles. The number of thiazole rings is 1. The number of amides is 1. The van der Waals surface area contributed by atoms with Gasteiger partial charge in [-0.25, -0.2) is 9.37 Å². The summed E-state index contributed by atoms with van der Waals surface area (Å²) in [5.74, 6) is -1.46. The number of benzene rings is 2. The van der Waals surface area contributed by atoms with Gasteiger partial charge in [-0.2, -0.15) is 0 Å². The van der Waals surface area contributed by atoms with Crippen LogP contribution in [0.15, 0.2) is 41.2 Å². The standard InChI is InChI=1S/C20H14FN3O3S/c21-11-6-7-13-14(9-11)28-20(22-13)23-18(26)15-17(25)12-5-1-3-10-4-2-8-24(16(10)12)19(15)27/h1,3,5-7,9,25H,2,4,8H2,(H,22,23,26). The molecular formula is C20H14FN3O3S. The fraction of sp³-hybridized carbons (Fsp3) is 0.150. The molecule has 2 N–H and O–H groups in total. The molecule has 0 unspecified atom stereocenters. The summed E-state index contributed by atoms with van der Waals surface area (Å²) < 4.78 is 15.5. The van der Waals surface area contributed by atoms with Gasteiger partial charge < -0.3 is 9.67 Å². The first kappa shape index (κ1) is 16.9. The number of para-hydroxylation sites is 1. The lowest BCUT2D eigenvalue weighted by atomic mass is 9.99. The normalized spacial score (nSPS) is 13.2. The Morgan fingerprint density at radius 2 is 2.14 bits per heavy atom. The van der Waals surface area contributed by atoms with Gasteiger partial charge in [0.25, 0.3) is 11.5 Å². The lowest BCUT2D eigenvalue weighted by Gasteiger charge is -2.21. The highest BCUT2D eigenvalue weighted by Crippen LogP contribution is 2.32. The van der Waals surface area contributed by atoms with Crippen molar-refractivity contribution in [3.8, 4) is 5.75 Å². The molecule has 0 fully saturated rings. The maximum absolute atomic E-state index is 13.4. The number of nitrogens with zero attached hydrogens (tertiary/aromatic N) is 2. The first-order valence-electron chi connectivity index (χ1n) is 8.78. The van der Waals surface area contributed by atoms with Crippen LogP contribution < -0.4 is 10.9 Å². The van der Waals surface area contributed by atoms with Crippen molar-refractivity contribution in [3.63, 3.8) is 0 Å². The third kappa shape index (κ3) is 2.49. The Bertz CT molecular complexity index is 1340. The van der Waals surface area contributed by atoms with E-state index in [-0.39, 0.29) is 16.4 Å². The van der Waals surface area contributed by atoms with Gasteiger partial charge in [0.05, 0.1) is 15.7 Å². The fourth-order valence-electron chi connectivity index (χ4n) is 3.73. The number of hydrogen-bond acceptors (Lipinski definition) is 5. The van der Waals surface area contributed by atoms with E-state index in [2.05, 4.69) is 10.3 Å². The van der Waals surface area contributed by atoms with Crippen molar-refractivity contribution in [2.75, 3.05) is 5.32 Å². The molecule has 2 aromatic heterocycles. The van der Waals surface area contributed by atoms with E-state index in [4.69, 9.17) is 0 Å². The van der Waals surface area contributed by atoms with Crippen LogP contribution in [-0.2, 0) is 13.0 Å². The number of anilines is 1. The van der Waals surface area contributed by atoms with E-state index in [0.29, 0.717) is 27.7 Å². The summed E-state index contributed by atoms with van der Waals surface area (Å²) in [6.07, 6.45) is 1.62. The number of aromatic nitrogens is 2. The van der Waals surface area contributed by atoms with Gasteiger partial charge in [-0.15, -0.1) is 0 Å². The summed E-state index contributed by atoms with van der Waals surface area (Å²) in [7, 11) is 0. The summed E-state index contributed by atoms with van der Waals surface area (Å²) in [6, 6.07) is 9.57. The Kier molecular flexibility index (Phi) is 3.70. The highest BCUT2D eigenvalue weighted by molar-refractivity contribution is 7.22. The molecule has 0 aliphatic carbocycles. The molecular weight excluding hydrogens is 381 g/mol. The molecule has 1 amide bonds.